The van der Waals surface area contributed by atoms with Gasteiger partial charge in [-0.1, -0.05) is 6.07 Å². The van der Waals surface area contributed by atoms with Gasteiger partial charge in [0.1, 0.15) is 29.9 Å². The Kier molecular flexibility index (Phi) is 5.92. The van der Waals surface area contributed by atoms with E-state index in [0.717, 1.165) is 56.4 Å². The van der Waals surface area contributed by atoms with Crippen LogP contribution in [-0.4, -0.2) is 83.6 Å². The number of halogens is 1. The number of phenolic OH excluding ortho intramolecular Hbond substituents is 1. The highest BCUT2D eigenvalue weighted by Gasteiger charge is 2.49. The van der Waals surface area contributed by atoms with Gasteiger partial charge in [0.25, 0.3) is 5.91 Å². The molecule has 1 aromatic heterocycles. The van der Waals surface area contributed by atoms with Gasteiger partial charge in [-0.3, -0.25) is 9.69 Å². The SMILES string of the molecule is O=C1c2c(nc(OC[C@@]34CCCN3C[C@H](F)C4)nc2N2CCCOCC2)CN1c1cc(O)ccc1C1CC1. The first kappa shape index (κ1) is 24.1. The Morgan fingerprint density at radius 3 is 2.92 bits per heavy atom. The van der Waals surface area contributed by atoms with E-state index in [9.17, 15) is 14.3 Å². The van der Waals surface area contributed by atoms with Crippen molar-refractivity contribution in [1.29, 1.82) is 0 Å². The molecular weight excluding hydrogens is 489 g/mol. The molecule has 1 amide bonds. The molecule has 1 saturated carbocycles. The average molecular weight is 524 g/mol. The van der Waals surface area contributed by atoms with E-state index < -0.39 is 6.17 Å². The first-order valence-electron chi connectivity index (χ1n) is 13.9. The van der Waals surface area contributed by atoms with E-state index >= 15 is 0 Å². The smallest absolute Gasteiger partial charge is 0.318 e. The number of rotatable bonds is 6. The van der Waals surface area contributed by atoms with E-state index in [1.165, 1.54) is 0 Å². The molecule has 1 aliphatic carbocycles. The highest BCUT2D eigenvalue weighted by atomic mass is 19.1. The molecule has 5 heterocycles. The molecule has 1 N–H and O–H groups in total. The van der Waals surface area contributed by atoms with Gasteiger partial charge in [0, 0.05) is 38.7 Å². The van der Waals surface area contributed by atoms with Crippen molar-refractivity contribution in [3.63, 3.8) is 0 Å². The van der Waals surface area contributed by atoms with Gasteiger partial charge in [0.2, 0.25) is 0 Å². The Hall–Kier alpha value is -2.98. The first-order chi connectivity index (χ1) is 18.5. The summed E-state index contributed by atoms with van der Waals surface area (Å²) in [6.07, 6.45) is 4.59. The summed E-state index contributed by atoms with van der Waals surface area (Å²) in [4.78, 5) is 29.5. The number of ether oxygens (including phenoxy) is 2. The van der Waals surface area contributed by atoms with Crippen molar-refractivity contribution in [2.45, 2.75) is 62.7 Å². The van der Waals surface area contributed by atoms with Crippen LogP contribution in [0.15, 0.2) is 18.2 Å². The van der Waals surface area contributed by atoms with Crippen LogP contribution < -0.4 is 14.5 Å². The van der Waals surface area contributed by atoms with Crippen molar-refractivity contribution in [3.05, 3.63) is 35.0 Å². The summed E-state index contributed by atoms with van der Waals surface area (Å²) in [5.74, 6) is 0.965. The van der Waals surface area contributed by atoms with Gasteiger partial charge < -0.3 is 24.4 Å². The average Bonchev–Trinajstić information content (AvgIpc) is 3.58. The lowest BCUT2D eigenvalue weighted by Crippen LogP contribution is -2.43. The van der Waals surface area contributed by atoms with Gasteiger partial charge in [-0.15, -0.1) is 0 Å². The number of benzene rings is 1. The molecule has 7 rings (SSSR count). The number of carbonyl (C=O) groups is 1. The molecule has 2 aromatic rings. The number of amides is 1. The molecule has 0 radical (unpaired) electrons. The molecular formula is C28H34FN5O4. The van der Waals surface area contributed by atoms with Crippen LogP contribution in [0.4, 0.5) is 15.9 Å². The number of phenols is 1. The lowest BCUT2D eigenvalue weighted by molar-refractivity contribution is 0.0995. The van der Waals surface area contributed by atoms with Crippen LogP contribution in [0.2, 0.25) is 0 Å². The first-order valence-corrected chi connectivity index (χ1v) is 13.9. The largest absolute Gasteiger partial charge is 0.508 e. The lowest BCUT2D eigenvalue weighted by atomic mass is 9.95. The molecule has 0 unspecified atom stereocenters. The van der Waals surface area contributed by atoms with E-state index in [4.69, 9.17) is 19.4 Å². The van der Waals surface area contributed by atoms with E-state index in [0.29, 0.717) is 62.3 Å². The molecule has 2 atom stereocenters. The molecule has 4 fully saturated rings. The molecule has 5 aliphatic rings. The zero-order valence-electron chi connectivity index (χ0n) is 21.6. The molecule has 202 valence electrons. The summed E-state index contributed by atoms with van der Waals surface area (Å²) in [6.45, 7) is 4.55. The third kappa shape index (κ3) is 4.18. The summed E-state index contributed by atoms with van der Waals surface area (Å²) in [5.41, 5.74) is 2.64. The molecule has 3 saturated heterocycles. The highest BCUT2D eigenvalue weighted by Crippen LogP contribution is 2.47. The summed E-state index contributed by atoms with van der Waals surface area (Å²) in [5, 5.41) is 10.3. The Morgan fingerprint density at radius 1 is 1.16 bits per heavy atom. The van der Waals surface area contributed by atoms with E-state index in [2.05, 4.69) is 9.80 Å². The van der Waals surface area contributed by atoms with Gasteiger partial charge in [0.15, 0.2) is 0 Å². The van der Waals surface area contributed by atoms with Gasteiger partial charge >= 0.3 is 6.01 Å². The van der Waals surface area contributed by atoms with Gasteiger partial charge in [-0.05, 0) is 56.2 Å². The monoisotopic (exact) mass is 523 g/mol. The molecule has 38 heavy (non-hydrogen) atoms. The van der Waals surface area contributed by atoms with Crippen molar-refractivity contribution in [2.75, 3.05) is 55.8 Å². The number of nitrogens with zero attached hydrogens (tertiary/aromatic N) is 5. The standard InChI is InChI=1S/C28H34FN5O4/c29-19-14-28(7-1-9-33(28)15-19)17-38-27-30-22-16-34(23-13-20(35)5-6-21(23)18-3-4-18)26(36)24(22)25(31-27)32-8-2-11-37-12-10-32/h5-6,13,18-19,35H,1-4,7-12,14-17H2/t19-,28+/m1/s1. The summed E-state index contributed by atoms with van der Waals surface area (Å²) < 4.78 is 26.2. The predicted octanol–water partition coefficient (Wildman–Crippen LogP) is 3.40. The lowest BCUT2D eigenvalue weighted by Gasteiger charge is -2.31. The maximum Gasteiger partial charge on any atom is 0.318 e. The minimum Gasteiger partial charge on any atom is -0.508 e. The quantitative estimate of drug-likeness (QED) is 0.616. The maximum atomic E-state index is 14.3. The third-order valence-corrected chi connectivity index (χ3v) is 8.79. The second-order valence-corrected chi connectivity index (χ2v) is 11.4. The Morgan fingerprint density at radius 2 is 2.05 bits per heavy atom. The number of hydrogen-bond donors (Lipinski definition) is 1. The summed E-state index contributed by atoms with van der Waals surface area (Å²) in [7, 11) is 0. The zero-order valence-corrected chi connectivity index (χ0v) is 21.6. The number of alkyl halides is 1. The normalized spacial score (nSPS) is 27.5. The van der Waals surface area contributed by atoms with Crippen LogP contribution in [0, 0.1) is 0 Å². The summed E-state index contributed by atoms with van der Waals surface area (Å²) in [6, 6.07) is 5.54. The Labute approximate surface area is 221 Å². The fraction of sp³-hybridized carbons (Fsp3) is 0.607. The highest BCUT2D eigenvalue weighted by molar-refractivity contribution is 6.13. The Bertz CT molecular complexity index is 1250. The maximum absolute atomic E-state index is 14.3. The number of anilines is 2. The van der Waals surface area contributed by atoms with E-state index in [-0.39, 0.29) is 29.8 Å². The van der Waals surface area contributed by atoms with Crippen LogP contribution in [0.1, 0.15) is 66.1 Å². The number of aromatic nitrogens is 2. The van der Waals surface area contributed by atoms with Crippen LogP contribution in [0.3, 0.4) is 0 Å². The minimum absolute atomic E-state index is 0.135. The van der Waals surface area contributed by atoms with Crippen molar-refractivity contribution in [1.82, 2.24) is 14.9 Å². The number of aromatic hydroxyl groups is 1. The number of fused-ring (bicyclic) bond motifs is 2. The van der Waals surface area contributed by atoms with Crippen molar-refractivity contribution >= 4 is 17.4 Å². The molecule has 1 aromatic carbocycles. The molecule has 10 heteroatoms. The van der Waals surface area contributed by atoms with Gasteiger partial charge in [-0.25, -0.2) is 4.39 Å². The fourth-order valence-electron chi connectivity index (χ4n) is 6.76. The second kappa shape index (κ2) is 9.34. The molecule has 4 aliphatic heterocycles. The minimum atomic E-state index is -0.832. The van der Waals surface area contributed by atoms with Crippen molar-refractivity contribution in [3.8, 4) is 11.8 Å². The van der Waals surface area contributed by atoms with Gasteiger partial charge in [0.05, 0.1) is 30.1 Å². The van der Waals surface area contributed by atoms with Gasteiger partial charge in [-0.2, -0.15) is 9.97 Å². The molecule has 0 spiro atoms. The molecule has 0 bridgehead atoms. The fourth-order valence-corrected chi connectivity index (χ4v) is 6.76. The van der Waals surface area contributed by atoms with E-state index in [1.807, 2.05) is 6.07 Å². The van der Waals surface area contributed by atoms with Crippen LogP contribution >= 0.6 is 0 Å². The van der Waals surface area contributed by atoms with Crippen LogP contribution in [0.25, 0.3) is 0 Å². The summed E-state index contributed by atoms with van der Waals surface area (Å²) >= 11 is 0. The number of hydrogen-bond acceptors (Lipinski definition) is 8. The molecule has 9 nitrogen and oxygen atoms in total. The Balaban J connectivity index is 1.23. The van der Waals surface area contributed by atoms with E-state index in [1.54, 1.807) is 17.0 Å². The van der Waals surface area contributed by atoms with Crippen molar-refractivity contribution in [2.24, 2.45) is 0 Å². The van der Waals surface area contributed by atoms with Crippen molar-refractivity contribution < 1.29 is 23.8 Å². The zero-order chi connectivity index (χ0) is 25.9. The third-order valence-electron chi connectivity index (χ3n) is 8.79. The van der Waals surface area contributed by atoms with Crippen LogP contribution in [-0.2, 0) is 11.3 Å². The van der Waals surface area contributed by atoms with Crippen LogP contribution in [0.5, 0.6) is 11.8 Å². The second-order valence-electron chi connectivity index (χ2n) is 11.4. The predicted molar refractivity (Wildman–Crippen MR) is 139 cm³/mol. The number of carbonyl (C=O) groups excluding carboxylic acids is 1. The topological polar surface area (TPSA) is 91.3 Å².